The molecule has 0 saturated carbocycles. The zero-order valence-electron chi connectivity index (χ0n) is 16.4. The molecular weight excluding hydrogens is 420 g/mol. The molecule has 0 bridgehead atoms. The highest BCUT2D eigenvalue weighted by atomic mass is 35.5. The summed E-state index contributed by atoms with van der Waals surface area (Å²) in [5, 5.41) is 15.2. The first-order valence-corrected chi connectivity index (χ1v) is 11.1. The van der Waals surface area contributed by atoms with Crippen LogP contribution in [0, 0.1) is 5.21 Å². The molecule has 1 aliphatic heterocycles. The number of aromatic amines is 1. The summed E-state index contributed by atoms with van der Waals surface area (Å²) in [7, 11) is 0. The van der Waals surface area contributed by atoms with E-state index in [2.05, 4.69) is 16.8 Å². The molecule has 4 heterocycles. The minimum absolute atomic E-state index is 0.127. The molecule has 9 heteroatoms. The second-order valence-corrected chi connectivity index (χ2v) is 8.89. The molecule has 0 unspecified atom stereocenters. The van der Waals surface area contributed by atoms with E-state index >= 15 is 0 Å². The fraction of sp³-hybridized carbons (Fsp3) is 0.286. The lowest BCUT2D eigenvalue weighted by Gasteiger charge is -2.18. The minimum Gasteiger partial charge on any atom is -0.618 e. The summed E-state index contributed by atoms with van der Waals surface area (Å²) in [6.07, 6.45) is 3.21. The highest BCUT2D eigenvalue weighted by Crippen LogP contribution is 2.37. The predicted octanol–water partition coefficient (Wildman–Crippen LogP) is 3.65. The lowest BCUT2D eigenvalue weighted by atomic mass is 10.2. The summed E-state index contributed by atoms with van der Waals surface area (Å²) in [6.45, 7) is 3.64. The average molecular weight is 441 g/mol. The number of rotatable bonds is 4. The molecule has 7 nitrogen and oxygen atoms in total. The normalized spacial score (nSPS) is 16.8. The van der Waals surface area contributed by atoms with Crippen LogP contribution in [-0.2, 0) is 6.42 Å². The average Bonchev–Trinajstić information content (AvgIpc) is 3.31. The van der Waals surface area contributed by atoms with Crippen molar-refractivity contribution in [3.8, 4) is 0 Å². The molecule has 3 N–H and O–H groups in total. The first-order valence-electron chi connectivity index (χ1n) is 9.92. The van der Waals surface area contributed by atoms with Crippen LogP contribution in [0.25, 0.3) is 21.9 Å². The largest absolute Gasteiger partial charge is 0.618 e. The molecule has 3 aromatic heterocycles. The van der Waals surface area contributed by atoms with Gasteiger partial charge in [0.15, 0.2) is 11.4 Å². The molecule has 5 rings (SSSR count). The van der Waals surface area contributed by atoms with Crippen LogP contribution < -0.4 is 15.4 Å². The van der Waals surface area contributed by atoms with Crippen molar-refractivity contribution < 1.29 is 4.73 Å². The number of aryl methyl sites for hydroxylation is 1. The Labute approximate surface area is 182 Å². The van der Waals surface area contributed by atoms with Gasteiger partial charge in [0.05, 0.1) is 10.4 Å². The molecule has 30 heavy (non-hydrogen) atoms. The summed E-state index contributed by atoms with van der Waals surface area (Å²) in [5.41, 5.74) is 8.43. The van der Waals surface area contributed by atoms with Crippen molar-refractivity contribution in [3.05, 3.63) is 52.5 Å². The molecule has 1 atom stereocenters. The number of aromatic nitrogens is 4. The number of nitrogens with two attached hydrogens (primary N) is 1. The summed E-state index contributed by atoms with van der Waals surface area (Å²) in [6, 6.07) is 9.57. The van der Waals surface area contributed by atoms with Gasteiger partial charge in [0.2, 0.25) is 5.52 Å². The van der Waals surface area contributed by atoms with Crippen LogP contribution in [0.1, 0.15) is 19.0 Å². The Morgan fingerprint density at radius 2 is 2.23 bits per heavy atom. The van der Waals surface area contributed by atoms with Gasteiger partial charge in [-0.25, -0.2) is 9.97 Å². The smallest absolute Gasteiger partial charge is 0.224 e. The van der Waals surface area contributed by atoms with Crippen LogP contribution in [0.5, 0.6) is 0 Å². The Morgan fingerprint density at radius 3 is 3.00 bits per heavy atom. The Hall–Kier alpha value is -2.55. The molecule has 1 saturated heterocycles. The van der Waals surface area contributed by atoms with Crippen molar-refractivity contribution >= 4 is 51.1 Å². The van der Waals surface area contributed by atoms with E-state index in [1.807, 2.05) is 24.3 Å². The Bertz CT molecular complexity index is 1260. The maximum absolute atomic E-state index is 12.1. The SMILES string of the molecule is CCc1[nH]c2nc(Sc3ccc4ccc[n+]([O-])c4c3)nc(N3CC[C@@H](N)C3)c2c1Cl. The number of pyridine rings is 1. The molecule has 154 valence electrons. The second-order valence-electron chi connectivity index (χ2n) is 7.48. The number of H-pyrrole nitrogens is 1. The van der Waals surface area contributed by atoms with E-state index in [0.717, 1.165) is 63.5 Å². The first-order chi connectivity index (χ1) is 14.5. The molecule has 0 aliphatic carbocycles. The van der Waals surface area contributed by atoms with E-state index in [1.165, 1.54) is 18.0 Å². The van der Waals surface area contributed by atoms with Crippen molar-refractivity contribution in [1.82, 2.24) is 15.0 Å². The molecule has 4 aromatic rings. The van der Waals surface area contributed by atoms with E-state index in [1.54, 1.807) is 6.07 Å². The van der Waals surface area contributed by atoms with Crippen molar-refractivity contribution in [1.29, 1.82) is 0 Å². The third kappa shape index (κ3) is 3.34. The first kappa shape index (κ1) is 19.4. The molecule has 1 aromatic carbocycles. The molecular formula is C21H21ClN6OS. The zero-order chi connectivity index (χ0) is 20.8. The summed E-state index contributed by atoms with van der Waals surface area (Å²) in [4.78, 5) is 16.0. The third-order valence-electron chi connectivity index (χ3n) is 5.45. The number of anilines is 1. The fourth-order valence-electron chi connectivity index (χ4n) is 3.90. The van der Waals surface area contributed by atoms with E-state index in [0.29, 0.717) is 15.7 Å². The Kier molecular flexibility index (Phi) is 4.92. The molecule has 0 radical (unpaired) electrons. The van der Waals surface area contributed by atoms with Crippen molar-refractivity contribution in [3.63, 3.8) is 0 Å². The van der Waals surface area contributed by atoms with Crippen LogP contribution in [0.4, 0.5) is 5.82 Å². The van der Waals surface area contributed by atoms with E-state index in [9.17, 15) is 5.21 Å². The lowest BCUT2D eigenvalue weighted by molar-refractivity contribution is -0.577. The minimum atomic E-state index is 0.127. The quantitative estimate of drug-likeness (QED) is 0.285. The van der Waals surface area contributed by atoms with Gasteiger partial charge in [0, 0.05) is 47.2 Å². The topological polar surface area (TPSA) is 97.8 Å². The second kappa shape index (κ2) is 7.61. The highest BCUT2D eigenvalue weighted by molar-refractivity contribution is 7.99. The lowest BCUT2D eigenvalue weighted by Crippen LogP contribution is -2.27. The molecule has 0 spiro atoms. The van der Waals surface area contributed by atoms with Crippen LogP contribution in [0.15, 0.2) is 46.6 Å². The third-order valence-corrected chi connectivity index (χ3v) is 6.72. The summed E-state index contributed by atoms with van der Waals surface area (Å²) in [5.74, 6) is 0.816. The standard InChI is InChI=1S/C21H21ClN6OS/c1-2-15-18(22)17-19(24-15)25-21(26-20(17)27-9-7-13(23)11-27)30-14-6-5-12-4-3-8-28(29)16(12)10-14/h3-6,8,10,13H,2,7,9,11,23H2,1H3,(H,24,25,26)/t13-/m1/s1. The Balaban J connectivity index is 1.60. The van der Waals surface area contributed by atoms with Gasteiger partial charge in [-0.1, -0.05) is 18.5 Å². The number of benzene rings is 1. The monoisotopic (exact) mass is 440 g/mol. The number of hydrogen-bond donors (Lipinski definition) is 2. The van der Waals surface area contributed by atoms with Crippen molar-refractivity contribution in [2.45, 2.75) is 35.9 Å². The van der Waals surface area contributed by atoms with Crippen LogP contribution in [0.3, 0.4) is 0 Å². The van der Waals surface area contributed by atoms with Gasteiger partial charge in [-0.3, -0.25) is 0 Å². The maximum atomic E-state index is 12.1. The van der Waals surface area contributed by atoms with Gasteiger partial charge in [0.25, 0.3) is 0 Å². The van der Waals surface area contributed by atoms with Crippen LogP contribution in [-0.4, -0.2) is 34.1 Å². The molecule has 1 fully saturated rings. The van der Waals surface area contributed by atoms with Crippen LogP contribution in [0.2, 0.25) is 5.02 Å². The fourth-order valence-corrected chi connectivity index (χ4v) is 5.04. The van der Waals surface area contributed by atoms with Gasteiger partial charge >= 0.3 is 0 Å². The van der Waals surface area contributed by atoms with Crippen LogP contribution >= 0.6 is 23.4 Å². The number of hydrogen-bond acceptors (Lipinski definition) is 6. The molecule has 0 amide bonds. The van der Waals surface area contributed by atoms with Crippen molar-refractivity contribution in [2.24, 2.45) is 5.73 Å². The maximum Gasteiger partial charge on any atom is 0.224 e. The van der Waals surface area contributed by atoms with E-state index in [-0.39, 0.29) is 6.04 Å². The van der Waals surface area contributed by atoms with Gasteiger partial charge in [-0.2, -0.15) is 4.73 Å². The van der Waals surface area contributed by atoms with Gasteiger partial charge in [-0.05, 0) is 42.8 Å². The summed E-state index contributed by atoms with van der Waals surface area (Å²) >= 11 is 8.09. The number of halogens is 1. The highest BCUT2D eigenvalue weighted by Gasteiger charge is 2.26. The molecule has 1 aliphatic rings. The predicted molar refractivity (Wildman–Crippen MR) is 120 cm³/mol. The summed E-state index contributed by atoms with van der Waals surface area (Å²) < 4.78 is 0.874. The van der Waals surface area contributed by atoms with E-state index in [4.69, 9.17) is 27.3 Å². The van der Waals surface area contributed by atoms with Crippen molar-refractivity contribution in [2.75, 3.05) is 18.0 Å². The van der Waals surface area contributed by atoms with Gasteiger partial charge in [-0.15, -0.1) is 0 Å². The number of nitrogens with zero attached hydrogens (tertiary/aromatic N) is 4. The van der Waals surface area contributed by atoms with Gasteiger partial charge < -0.3 is 20.8 Å². The zero-order valence-corrected chi connectivity index (χ0v) is 18.0. The van der Waals surface area contributed by atoms with E-state index < -0.39 is 0 Å². The number of nitrogens with one attached hydrogen (secondary N) is 1. The Morgan fingerprint density at radius 1 is 1.37 bits per heavy atom. The van der Waals surface area contributed by atoms with Gasteiger partial charge in [0.1, 0.15) is 11.5 Å². The number of fused-ring (bicyclic) bond motifs is 2.